The summed E-state index contributed by atoms with van der Waals surface area (Å²) in [5, 5.41) is 4.63. The van der Waals surface area contributed by atoms with E-state index in [0.717, 1.165) is 70.2 Å². The summed E-state index contributed by atoms with van der Waals surface area (Å²) < 4.78 is 7.29. The molecular formula is C23H34N4O2. The maximum Gasteiger partial charge on any atom is 0.274 e. The van der Waals surface area contributed by atoms with E-state index in [-0.39, 0.29) is 5.91 Å². The normalized spacial score (nSPS) is 14.8. The molecule has 1 aliphatic rings. The minimum atomic E-state index is 0.0348. The minimum absolute atomic E-state index is 0.0348. The van der Waals surface area contributed by atoms with E-state index in [1.165, 1.54) is 12.8 Å². The summed E-state index contributed by atoms with van der Waals surface area (Å²) >= 11 is 0. The van der Waals surface area contributed by atoms with Crippen LogP contribution in [-0.2, 0) is 4.74 Å². The molecule has 2 aromatic rings. The molecule has 0 bridgehead atoms. The van der Waals surface area contributed by atoms with Crippen LogP contribution in [0.1, 0.15) is 48.8 Å². The molecule has 2 heterocycles. The molecule has 1 aromatic heterocycles. The number of nitrogens with zero attached hydrogens (tertiary/aromatic N) is 4. The topological polar surface area (TPSA) is 50.6 Å². The number of ether oxygens (including phenoxy) is 1. The Labute approximate surface area is 174 Å². The molecule has 1 saturated heterocycles. The van der Waals surface area contributed by atoms with Gasteiger partial charge in [-0.1, -0.05) is 44.4 Å². The Bertz CT molecular complexity index is 753. The van der Waals surface area contributed by atoms with E-state index in [4.69, 9.17) is 4.74 Å². The SMILES string of the molecule is CCCCCCN(CCN1CCOCC1)C(=O)c1cc(C)n(-c2ccccc2)n1. The smallest absolute Gasteiger partial charge is 0.274 e. The standard InChI is InChI=1S/C23H34N4O2/c1-3-4-5-9-12-26(14-13-25-15-17-29-18-16-25)23(28)22-19-20(2)27(24-22)21-10-7-6-8-11-21/h6-8,10-11,19H,3-5,9,12-18H2,1-2H3. The van der Waals surface area contributed by atoms with Crippen LogP contribution >= 0.6 is 0 Å². The lowest BCUT2D eigenvalue weighted by atomic mass is 10.2. The van der Waals surface area contributed by atoms with Gasteiger partial charge in [0.2, 0.25) is 0 Å². The summed E-state index contributed by atoms with van der Waals surface area (Å²) in [6, 6.07) is 11.9. The molecule has 158 valence electrons. The predicted octanol–water partition coefficient (Wildman–Crippen LogP) is 3.54. The Morgan fingerprint density at radius 3 is 2.59 bits per heavy atom. The fourth-order valence-corrected chi connectivity index (χ4v) is 3.70. The number of rotatable bonds is 10. The van der Waals surface area contributed by atoms with Gasteiger partial charge < -0.3 is 9.64 Å². The number of carbonyl (C=O) groups excluding carboxylic acids is 1. The van der Waals surface area contributed by atoms with Crippen molar-refractivity contribution in [3.63, 3.8) is 0 Å². The third-order valence-electron chi connectivity index (χ3n) is 5.47. The molecule has 1 amide bonds. The van der Waals surface area contributed by atoms with Crippen LogP contribution in [0.2, 0.25) is 0 Å². The largest absolute Gasteiger partial charge is 0.379 e. The van der Waals surface area contributed by atoms with Crippen LogP contribution in [0.5, 0.6) is 0 Å². The number of amides is 1. The highest BCUT2D eigenvalue weighted by atomic mass is 16.5. The maximum absolute atomic E-state index is 13.3. The maximum atomic E-state index is 13.3. The quantitative estimate of drug-likeness (QED) is 0.575. The fraction of sp³-hybridized carbons (Fsp3) is 0.565. The molecule has 6 nitrogen and oxygen atoms in total. The molecule has 0 atom stereocenters. The number of benzene rings is 1. The van der Waals surface area contributed by atoms with Crippen LogP contribution in [-0.4, -0.2) is 71.4 Å². The molecule has 3 rings (SSSR count). The van der Waals surface area contributed by atoms with E-state index in [0.29, 0.717) is 5.69 Å². The van der Waals surface area contributed by atoms with E-state index in [1.54, 1.807) is 0 Å². The lowest BCUT2D eigenvalue weighted by Crippen LogP contribution is -2.43. The van der Waals surface area contributed by atoms with Crippen molar-refractivity contribution >= 4 is 5.91 Å². The zero-order chi connectivity index (χ0) is 20.5. The zero-order valence-corrected chi connectivity index (χ0v) is 17.8. The van der Waals surface area contributed by atoms with Crippen LogP contribution in [0.15, 0.2) is 36.4 Å². The van der Waals surface area contributed by atoms with E-state index in [9.17, 15) is 4.79 Å². The number of aryl methyl sites for hydroxylation is 1. The Balaban J connectivity index is 1.69. The Kier molecular flexibility index (Phi) is 8.25. The number of unbranched alkanes of at least 4 members (excludes halogenated alkanes) is 3. The van der Waals surface area contributed by atoms with Crippen LogP contribution < -0.4 is 0 Å². The van der Waals surface area contributed by atoms with Gasteiger partial charge in [0.25, 0.3) is 5.91 Å². The number of morpholine rings is 1. The number of hydrogen-bond donors (Lipinski definition) is 0. The van der Waals surface area contributed by atoms with Crippen molar-refractivity contribution in [3.8, 4) is 5.69 Å². The molecule has 0 spiro atoms. The lowest BCUT2D eigenvalue weighted by molar-refractivity contribution is 0.0323. The molecule has 0 N–H and O–H groups in total. The molecule has 0 saturated carbocycles. The van der Waals surface area contributed by atoms with Crippen molar-refractivity contribution in [2.75, 3.05) is 45.9 Å². The van der Waals surface area contributed by atoms with Crippen LogP contribution in [0.3, 0.4) is 0 Å². The Hall–Kier alpha value is -2.18. The van der Waals surface area contributed by atoms with Gasteiger partial charge in [-0.15, -0.1) is 0 Å². The average molecular weight is 399 g/mol. The summed E-state index contributed by atoms with van der Waals surface area (Å²) in [5.41, 5.74) is 2.48. The molecule has 29 heavy (non-hydrogen) atoms. The molecular weight excluding hydrogens is 364 g/mol. The Morgan fingerprint density at radius 1 is 1.10 bits per heavy atom. The van der Waals surface area contributed by atoms with Crippen LogP contribution in [0, 0.1) is 6.92 Å². The summed E-state index contributed by atoms with van der Waals surface area (Å²) in [5.74, 6) is 0.0348. The summed E-state index contributed by atoms with van der Waals surface area (Å²) in [4.78, 5) is 17.7. The third-order valence-corrected chi connectivity index (χ3v) is 5.47. The van der Waals surface area contributed by atoms with Gasteiger partial charge in [-0.2, -0.15) is 5.10 Å². The second-order valence-corrected chi connectivity index (χ2v) is 7.73. The lowest BCUT2D eigenvalue weighted by Gasteiger charge is -2.30. The molecule has 1 aromatic carbocycles. The molecule has 0 aliphatic carbocycles. The van der Waals surface area contributed by atoms with Crippen LogP contribution in [0.25, 0.3) is 5.69 Å². The minimum Gasteiger partial charge on any atom is -0.379 e. The summed E-state index contributed by atoms with van der Waals surface area (Å²) in [6.07, 6.45) is 4.62. The fourth-order valence-electron chi connectivity index (χ4n) is 3.70. The molecule has 1 aliphatic heterocycles. The van der Waals surface area contributed by atoms with Gasteiger partial charge in [-0.3, -0.25) is 9.69 Å². The second-order valence-electron chi connectivity index (χ2n) is 7.73. The van der Waals surface area contributed by atoms with Gasteiger partial charge in [0.05, 0.1) is 18.9 Å². The summed E-state index contributed by atoms with van der Waals surface area (Å²) in [6.45, 7) is 10.1. The molecule has 6 heteroatoms. The monoisotopic (exact) mass is 398 g/mol. The van der Waals surface area contributed by atoms with Gasteiger partial charge in [-0.25, -0.2) is 4.68 Å². The second kappa shape index (κ2) is 11.1. The highest BCUT2D eigenvalue weighted by molar-refractivity contribution is 5.92. The van der Waals surface area contributed by atoms with Crippen LogP contribution in [0.4, 0.5) is 0 Å². The van der Waals surface area contributed by atoms with E-state index < -0.39 is 0 Å². The van der Waals surface area contributed by atoms with Gasteiger partial charge in [0.1, 0.15) is 0 Å². The zero-order valence-electron chi connectivity index (χ0n) is 17.8. The van der Waals surface area contributed by atoms with Gasteiger partial charge in [0, 0.05) is 38.4 Å². The van der Waals surface area contributed by atoms with Gasteiger partial charge in [0.15, 0.2) is 5.69 Å². The first-order valence-corrected chi connectivity index (χ1v) is 10.9. The average Bonchev–Trinajstić information content (AvgIpc) is 3.16. The first-order valence-electron chi connectivity index (χ1n) is 10.9. The first-order chi connectivity index (χ1) is 14.2. The number of carbonyl (C=O) groups is 1. The number of hydrogen-bond acceptors (Lipinski definition) is 4. The third kappa shape index (κ3) is 6.15. The summed E-state index contributed by atoms with van der Waals surface area (Å²) in [7, 11) is 0. The van der Waals surface area contributed by atoms with Gasteiger partial charge >= 0.3 is 0 Å². The highest BCUT2D eigenvalue weighted by Gasteiger charge is 2.21. The van der Waals surface area contributed by atoms with Crippen molar-refractivity contribution in [2.45, 2.75) is 39.5 Å². The van der Waals surface area contributed by atoms with Crippen molar-refractivity contribution in [3.05, 3.63) is 47.8 Å². The van der Waals surface area contributed by atoms with Crippen molar-refractivity contribution in [1.29, 1.82) is 0 Å². The van der Waals surface area contributed by atoms with E-state index in [1.807, 2.05) is 52.9 Å². The molecule has 1 fully saturated rings. The van der Waals surface area contributed by atoms with Gasteiger partial charge in [-0.05, 0) is 31.5 Å². The number of aromatic nitrogens is 2. The van der Waals surface area contributed by atoms with Crippen molar-refractivity contribution in [1.82, 2.24) is 19.6 Å². The number of para-hydroxylation sites is 1. The molecule has 0 unspecified atom stereocenters. The van der Waals surface area contributed by atoms with E-state index >= 15 is 0 Å². The Morgan fingerprint density at radius 2 is 1.86 bits per heavy atom. The van der Waals surface area contributed by atoms with Crippen molar-refractivity contribution < 1.29 is 9.53 Å². The first kappa shape index (κ1) is 21.5. The van der Waals surface area contributed by atoms with Crippen molar-refractivity contribution in [2.24, 2.45) is 0 Å². The predicted molar refractivity (Wildman–Crippen MR) is 116 cm³/mol. The highest BCUT2D eigenvalue weighted by Crippen LogP contribution is 2.14. The van der Waals surface area contributed by atoms with E-state index in [2.05, 4.69) is 16.9 Å². The molecule has 0 radical (unpaired) electrons.